The smallest absolute Gasteiger partial charge is 0.311 e. The summed E-state index contributed by atoms with van der Waals surface area (Å²) in [5.41, 5.74) is 1.75. The number of carboxylic acids is 1. The zero-order valence-corrected chi connectivity index (χ0v) is 14.5. The highest BCUT2D eigenvalue weighted by Gasteiger charge is 2.31. The van der Waals surface area contributed by atoms with Crippen LogP contribution in [-0.4, -0.2) is 20.6 Å². The number of nitrogens with zero attached hydrogens (tertiary/aromatic N) is 2. The van der Waals surface area contributed by atoms with Crippen LogP contribution in [-0.2, 0) is 24.2 Å². The van der Waals surface area contributed by atoms with Gasteiger partial charge >= 0.3 is 5.97 Å². The topological polar surface area (TPSA) is 72.2 Å². The maximum absolute atomic E-state index is 13.0. The van der Waals surface area contributed by atoms with Crippen LogP contribution in [0.2, 0.25) is 0 Å². The molecule has 0 saturated heterocycles. The average molecular weight is 354 g/mol. The molecule has 1 aliphatic carbocycles. The molecular formula is C19H18N2O3S. The van der Waals surface area contributed by atoms with Gasteiger partial charge < -0.3 is 5.11 Å². The van der Waals surface area contributed by atoms with Gasteiger partial charge in [-0.05, 0) is 36.8 Å². The summed E-state index contributed by atoms with van der Waals surface area (Å²) < 4.78 is 1.61. The molecule has 0 spiro atoms. The Labute approximate surface area is 148 Å². The number of aromatic nitrogens is 2. The minimum absolute atomic E-state index is 0.119. The molecule has 1 aromatic carbocycles. The van der Waals surface area contributed by atoms with E-state index in [-0.39, 0.29) is 5.56 Å². The van der Waals surface area contributed by atoms with Gasteiger partial charge in [0.25, 0.3) is 5.56 Å². The van der Waals surface area contributed by atoms with E-state index in [1.807, 2.05) is 30.3 Å². The van der Waals surface area contributed by atoms with Crippen molar-refractivity contribution in [3.05, 3.63) is 63.0 Å². The number of thiophene rings is 1. The molecule has 0 amide bonds. The third-order valence-electron chi connectivity index (χ3n) is 4.82. The quantitative estimate of drug-likeness (QED) is 0.781. The number of carboxylic acid groups (broad SMARTS) is 1. The zero-order valence-electron chi connectivity index (χ0n) is 13.6. The van der Waals surface area contributed by atoms with Gasteiger partial charge in [-0.2, -0.15) is 0 Å². The Kier molecular flexibility index (Phi) is 4.13. The van der Waals surface area contributed by atoms with Gasteiger partial charge in [-0.1, -0.05) is 30.3 Å². The van der Waals surface area contributed by atoms with E-state index >= 15 is 0 Å². The number of aliphatic carboxylic acids is 1. The van der Waals surface area contributed by atoms with Crippen LogP contribution >= 0.6 is 11.3 Å². The minimum Gasteiger partial charge on any atom is -0.481 e. The van der Waals surface area contributed by atoms with E-state index in [0.717, 1.165) is 29.7 Å². The average Bonchev–Trinajstić information content (AvgIpc) is 3.01. The van der Waals surface area contributed by atoms with E-state index in [9.17, 15) is 14.7 Å². The van der Waals surface area contributed by atoms with E-state index in [1.165, 1.54) is 11.3 Å². The molecule has 1 aliphatic rings. The molecule has 4 rings (SSSR count). The van der Waals surface area contributed by atoms with E-state index < -0.39 is 11.9 Å². The summed E-state index contributed by atoms with van der Waals surface area (Å²) in [7, 11) is 0. The Bertz CT molecular complexity index is 991. The zero-order chi connectivity index (χ0) is 17.4. The second kappa shape index (κ2) is 6.44. The molecule has 1 N–H and O–H groups in total. The molecule has 2 heterocycles. The third-order valence-corrected chi connectivity index (χ3v) is 5.99. The Morgan fingerprint density at radius 2 is 2.12 bits per heavy atom. The SMILES string of the molecule is O=C(O)C1CCCc2sc3ncn(CCc4ccccc4)c(=O)c3c21. The standard InChI is InChI=1S/C19H18N2O3S/c22-18-16-15-13(19(23)24)7-4-8-14(15)25-17(16)20-11-21(18)10-9-12-5-2-1-3-6-12/h1-3,5-6,11,13H,4,7-10H2,(H,23,24). The molecule has 0 aliphatic heterocycles. The molecule has 5 nitrogen and oxygen atoms in total. The predicted octanol–water partition coefficient (Wildman–Crippen LogP) is 3.21. The second-order valence-corrected chi connectivity index (χ2v) is 7.46. The Balaban J connectivity index is 1.76. The highest BCUT2D eigenvalue weighted by Crippen LogP contribution is 2.40. The highest BCUT2D eigenvalue weighted by molar-refractivity contribution is 7.18. The van der Waals surface area contributed by atoms with Crippen LogP contribution in [0.5, 0.6) is 0 Å². The number of rotatable bonds is 4. The molecule has 128 valence electrons. The van der Waals surface area contributed by atoms with Crippen LogP contribution in [0.15, 0.2) is 41.5 Å². The fraction of sp³-hybridized carbons (Fsp3) is 0.316. The normalized spacial score (nSPS) is 16.7. The molecule has 2 aromatic heterocycles. The van der Waals surface area contributed by atoms with Crippen molar-refractivity contribution in [2.24, 2.45) is 0 Å². The lowest BCUT2D eigenvalue weighted by Crippen LogP contribution is -2.24. The van der Waals surface area contributed by atoms with Crippen LogP contribution in [0.3, 0.4) is 0 Å². The van der Waals surface area contributed by atoms with Crippen molar-refractivity contribution in [2.75, 3.05) is 0 Å². The monoisotopic (exact) mass is 354 g/mol. The van der Waals surface area contributed by atoms with Crippen molar-refractivity contribution in [1.29, 1.82) is 0 Å². The lowest BCUT2D eigenvalue weighted by Gasteiger charge is -2.18. The van der Waals surface area contributed by atoms with Crippen LogP contribution < -0.4 is 5.56 Å². The molecule has 1 atom stereocenters. The maximum Gasteiger partial charge on any atom is 0.311 e. The van der Waals surface area contributed by atoms with Gasteiger partial charge in [0.15, 0.2) is 0 Å². The molecule has 0 saturated carbocycles. The lowest BCUT2D eigenvalue weighted by molar-refractivity contribution is -0.139. The summed E-state index contributed by atoms with van der Waals surface area (Å²) in [4.78, 5) is 30.7. The Morgan fingerprint density at radius 1 is 1.32 bits per heavy atom. The molecule has 25 heavy (non-hydrogen) atoms. The van der Waals surface area contributed by atoms with Gasteiger partial charge in [-0.3, -0.25) is 14.2 Å². The van der Waals surface area contributed by atoms with Gasteiger partial charge in [-0.15, -0.1) is 11.3 Å². The van der Waals surface area contributed by atoms with Crippen molar-refractivity contribution in [1.82, 2.24) is 9.55 Å². The van der Waals surface area contributed by atoms with E-state index in [2.05, 4.69) is 4.98 Å². The summed E-state index contributed by atoms with van der Waals surface area (Å²) in [6.07, 6.45) is 4.60. The van der Waals surface area contributed by atoms with Gasteiger partial charge in [0.1, 0.15) is 4.83 Å². The van der Waals surface area contributed by atoms with Gasteiger partial charge in [0, 0.05) is 11.4 Å². The number of aryl methyl sites for hydroxylation is 3. The highest BCUT2D eigenvalue weighted by atomic mass is 32.1. The van der Waals surface area contributed by atoms with Gasteiger partial charge in [0.2, 0.25) is 0 Å². The van der Waals surface area contributed by atoms with Gasteiger partial charge in [-0.25, -0.2) is 4.98 Å². The molecule has 0 fully saturated rings. The number of fused-ring (bicyclic) bond motifs is 3. The van der Waals surface area contributed by atoms with Crippen molar-refractivity contribution >= 4 is 27.5 Å². The third kappa shape index (κ3) is 2.87. The number of hydrogen-bond acceptors (Lipinski definition) is 4. The largest absolute Gasteiger partial charge is 0.481 e. The first kappa shape index (κ1) is 16.0. The van der Waals surface area contributed by atoms with Crippen LogP contribution in [0, 0.1) is 0 Å². The summed E-state index contributed by atoms with van der Waals surface area (Å²) in [5.74, 6) is -1.43. The summed E-state index contributed by atoms with van der Waals surface area (Å²) in [5, 5.41) is 10.1. The van der Waals surface area contributed by atoms with Crippen molar-refractivity contribution < 1.29 is 9.90 Å². The summed E-state index contributed by atoms with van der Waals surface area (Å²) >= 11 is 1.47. The fourth-order valence-corrected chi connectivity index (χ4v) is 4.79. The maximum atomic E-state index is 13.0. The molecule has 1 unspecified atom stereocenters. The minimum atomic E-state index is -0.847. The molecule has 6 heteroatoms. The lowest BCUT2D eigenvalue weighted by atomic mass is 9.86. The van der Waals surface area contributed by atoms with E-state index in [4.69, 9.17) is 0 Å². The van der Waals surface area contributed by atoms with E-state index in [0.29, 0.717) is 28.7 Å². The fourth-order valence-electron chi connectivity index (χ4n) is 3.56. The molecule has 0 radical (unpaired) electrons. The van der Waals surface area contributed by atoms with Crippen molar-refractivity contribution in [2.45, 2.75) is 38.1 Å². The first-order valence-corrected chi connectivity index (χ1v) is 9.24. The molecule has 0 bridgehead atoms. The summed E-state index contributed by atoms with van der Waals surface area (Å²) in [6.45, 7) is 0.536. The Morgan fingerprint density at radius 3 is 2.88 bits per heavy atom. The van der Waals surface area contributed by atoms with Crippen molar-refractivity contribution in [3.63, 3.8) is 0 Å². The second-order valence-electron chi connectivity index (χ2n) is 6.38. The van der Waals surface area contributed by atoms with Crippen molar-refractivity contribution in [3.8, 4) is 0 Å². The van der Waals surface area contributed by atoms with Crippen LogP contribution in [0.25, 0.3) is 10.2 Å². The number of carbonyl (C=O) groups is 1. The van der Waals surface area contributed by atoms with Crippen LogP contribution in [0.4, 0.5) is 0 Å². The van der Waals surface area contributed by atoms with Gasteiger partial charge in [0.05, 0.1) is 17.6 Å². The first-order valence-electron chi connectivity index (χ1n) is 8.42. The first-order chi connectivity index (χ1) is 12.1. The molecule has 3 aromatic rings. The van der Waals surface area contributed by atoms with E-state index in [1.54, 1.807) is 10.9 Å². The molecular weight excluding hydrogens is 336 g/mol. The van der Waals surface area contributed by atoms with Crippen LogP contribution in [0.1, 0.15) is 34.8 Å². The number of hydrogen-bond donors (Lipinski definition) is 1. The predicted molar refractivity (Wildman–Crippen MR) is 97.3 cm³/mol. The Hall–Kier alpha value is -2.47. The number of benzene rings is 1. The summed E-state index contributed by atoms with van der Waals surface area (Å²) in [6, 6.07) is 9.99.